The molecule has 2 N–H and O–H groups in total. The van der Waals surface area contributed by atoms with Gasteiger partial charge in [-0.15, -0.1) is 0 Å². The van der Waals surface area contributed by atoms with E-state index < -0.39 is 0 Å². The Bertz CT molecular complexity index is 207. The Morgan fingerprint density at radius 1 is 1.20 bits per heavy atom. The van der Waals surface area contributed by atoms with E-state index in [-0.39, 0.29) is 5.41 Å². The first kappa shape index (κ1) is 11.4. The highest BCUT2D eigenvalue weighted by molar-refractivity contribution is 4.91. The summed E-state index contributed by atoms with van der Waals surface area (Å²) < 4.78 is 0. The zero-order valence-electron chi connectivity index (χ0n) is 10.5. The third-order valence-corrected chi connectivity index (χ3v) is 4.37. The van der Waals surface area contributed by atoms with Crippen LogP contribution in [0.1, 0.15) is 40.0 Å². The van der Waals surface area contributed by atoms with Crippen LogP contribution < -0.4 is 5.73 Å². The van der Waals surface area contributed by atoms with Gasteiger partial charge in [-0.2, -0.15) is 0 Å². The van der Waals surface area contributed by atoms with Gasteiger partial charge in [-0.05, 0) is 30.1 Å². The molecule has 0 spiro atoms. The van der Waals surface area contributed by atoms with Crippen molar-refractivity contribution < 1.29 is 0 Å². The van der Waals surface area contributed by atoms with Crippen LogP contribution in [0.15, 0.2) is 0 Å². The fourth-order valence-electron chi connectivity index (χ4n) is 3.03. The van der Waals surface area contributed by atoms with Crippen LogP contribution in [0.25, 0.3) is 0 Å². The van der Waals surface area contributed by atoms with E-state index in [0.29, 0.717) is 6.04 Å². The van der Waals surface area contributed by atoms with Crippen molar-refractivity contribution in [1.82, 2.24) is 4.90 Å². The molecule has 1 aliphatic heterocycles. The van der Waals surface area contributed by atoms with Gasteiger partial charge < -0.3 is 10.6 Å². The van der Waals surface area contributed by atoms with Gasteiger partial charge in [0.25, 0.3) is 0 Å². The molecule has 15 heavy (non-hydrogen) atoms. The molecule has 3 unspecified atom stereocenters. The highest BCUT2D eigenvalue weighted by atomic mass is 15.2. The van der Waals surface area contributed by atoms with Crippen molar-refractivity contribution in [2.75, 3.05) is 19.6 Å². The molecule has 2 nitrogen and oxygen atoms in total. The summed E-state index contributed by atoms with van der Waals surface area (Å²) in [4.78, 5) is 2.60. The second-order valence-corrected chi connectivity index (χ2v) is 6.64. The molecular formula is C13H26N2. The molecule has 1 saturated heterocycles. The number of likely N-dealkylation sites (tertiary alicyclic amines) is 1. The molecule has 1 saturated carbocycles. The predicted octanol–water partition coefficient (Wildman–Crippen LogP) is 2.09. The molecule has 1 heterocycles. The van der Waals surface area contributed by atoms with E-state index >= 15 is 0 Å². The van der Waals surface area contributed by atoms with Crippen LogP contribution in [0.4, 0.5) is 0 Å². The summed E-state index contributed by atoms with van der Waals surface area (Å²) >= 11 is 0. The Labute approximate surface area is 94.2 Å². The molecule has 88 valence electrons. The van der Waals surface area contributed by atoms with E-state index in [0.717, 1.165) is 18.4 Å². The fraction of sp³-hybridized carbons (Fsp3) is 1.00. The molecule has 2 aliphatic rings. The van der Waals surface area contributed by atoms with Crippen molar-refractivity contribution in [2.24, 2.45) is 23.0 Å². The number of fused-ring (bicyclic) bond motifs is 1. The predicted molar refractivity (Wildman–Crippen MR) is 64.7 cm³/mol. The van der Waals surface area contributed by atoms with E-state index in [9.17, 15) is 0 Å². The highest BCUT2D eigenvalue weighted by Crippen LogP contribution is 2.37. The van der Waals surface area contributed by atoms with Gasteiger partial charge in [0.2, 0.25) is 0 Å². The average Bonchev–Trinajstić information content (AvgIpc) is 2.61. The van der Waals surface area contributed by atoms with Gasteiger partial charge in [-0.3, -0.25) is 0 Å². The number of nitrogens with two attached hydrogens (primary N) is 1. The van der Waals surface area contributed by atoms with Crippen LogP contribution in [-0.2, 0) is 0 Å². The quantitative estimate of drug-likeness (QED) is 0.756. The van der Waals surface area contributed by atoms with Gasteiger partial charge in [0.05, 0.1) is 0 Å². The van der Waals surface area contributed by atoms with Crippen LogP contribution in [0, 0.1) is 17.3 Å². The number of hydrogen-bond acceptors (Lipinski definition) is 2. The lowest BCUT2D eigenvalue weighted by Gasteiger charge is -2.31. The van der Waals surface area contributed by atoms with E-state index in [1.54, 1.807) is 0 Å². The molecule has 0 amide bonds. The van der Waals surface area contributed by atoms with Crippen LogP contribution in [0.3, 0.4) is 0 Å². The molecule has 3 atom stereocenters. The van der Waals surface area contributed by atoms with E-state index in [1.807, 2.05) is 0 Å². The Morgan fingerprint density at radius 2 is 1.73 bits per heavy atom. The monoisotopic (exact) mass is 210 g/mol. The minimum absolute atomic E-state index is 0.248. The first-order chi connectivity index (χ1) is 6.97. The van der Waals surface area contributed by atoms with Gasteiger partial charge in [0.1, 0.15) is 0 Å². The van der Waals surface area contributed by atoms with Gasteiger partial charge >= 0.3 is 0 Å². The Morgan fingerprint density at radius 3 is 2.20 bits per heavy atom. The van der Waals surface area contributed by atoms with Crippen LogP contribution in [-0.4, -0.2) is 30.6 Å². The Hall–Kier alpha value is -0.0800. The number of hydrogen-bond donors (Lipinski definition) is 1. The highest BCUT2D eigenvalue weighted by Gasteiger charge is 2.37. The second-order valence-electron chi connectivity index (χ2n) is 6.64. The minimum atomic E-state index is 0.248. The lowest BCUT2D eigenvalue weighted by atomic mass is 9.87. The van der Waals surface area contributed by atoms with Crippen LogP contribution >= 0.6 is 0 Å². The van der Waals surface area contributed by atoms with Crippen molar-refractivity contribution in [3.8, 4) is 0 Å². The van der Waals surface area contributed by atoms with Gasteiger partial charge in [-0.1, -0.05) is 27.2 Å². The summed E-state index contributed by atoms with van der Waals surface area (Å²) in [5.41, 5.74) is 6.49. The molecule has 0 aromatic carbocycles. The summed E-state index contributed by atoms with van der Waals surface area (Å²) in [6.45, 7) is 10.5. The third-order valence-electron chi connectivity index (χ3n) is 4.37. The molecule has 2 rings (SSSR count). The number of rotatable bonds is 2. The lowest BCUT2D eigenvalue weighted by Crippen LogP contribution is -2.44. The molecule has 1 aliphatic carbocycles. The summed E-state index contributed by atoms with van der Waals surface area (Å²) in [6, 6.07) is 0.316. The first-order valence-electron chi connectivity index (χ1n) is 6.45. The van der Waals surface area contributed by atoms with Crippen molar-refractivity contribution in [1.29, 1.82) is 0 Å². The number of nitrogens with zero attached hydrogens (tertiary/aromatic N) is 1. The molecule has 0 bridgehead atoms. The van der Waals surface area contributed by atoms with Crippen molar-refractivity contribution in [3.63, 3.8) is 0 Å². The average molecular weight is 210 g/mol. The topological polar surface area (TPSA) is 29.3 Å². The van der Waals surface area contributed by atoms with Crippen molar-refractivity contribution >= 4 is 0 Å². The van der Waals surface area contributed by atoms with E-state index in [1.165, 1.54) is 32.4 Å². The summed E-state index contributed by atoms with van der Waals surface area (Å²) in [6.07, 6.45) is 4.40. The maximum atomic E-state index is 6.24. The zero-order chi connectivity index (χ0) is 11.1. The first-order valence-corrected chi connectivity index (χ1v) is 6.45. The van der Waals surface area contributed by atoms with Gasteiger partial charge in [0, 0.05) is 25.7 Å². The minimum Gasteiger partial charge on any atom is -0.326 e. The van der Waals surface area contributed by atoms with E-state index in [2.05, 4.69) is 25.7 Å². The normalized spacial score (nSPS) is 34.4. The molecule has 0 aromatic heterocycles. The molecular weight excluding hydrogens is 184 g/mol. The SMILES string of the molecule is CC(C)(C)C(N)CN1CC2CCCC2C1. The molecule has 2 heteroatoms. The molecule has 2 fully saturated rings. The lowest BCUT2D eigenvalue weighted by molar-refractivity contribution is 0.217. The van der Waals surface area contributed by atoms with E-state index in [4.69, 9.17) is 5.73 Å². The summed E-state index contributed by atoms with van der Waals surface area (Å²) in [5, 5.41) is 0. The van der Waals surface area contributed by atoms with Crippen LogP contribution in [0.5, 0.6) is 0 Å². The van der Waals surface area contributed by atoms with Crippen molar-refractivity contribution in [2.45, 2.75) is 46.1 Å². The van der Waals surface area contributed by atoms with Crippen LogP contribution in [0.2, 0.25) is 0 Å². The second kappa shape index (κ2) is 4.06. The third kappa shape index (κ3) is 2.54. The smallest absolute Gasteiger partial charge is 0.0217 e. The summed E-state index contributed by atoms with van der Waals surface area (Å²) in [5.74, 6) is 1.99. The van der Waals surface area contributed by atoms with Gasteiger partial charge in [0.15, 0.2) is 0 Å². The Kier molecular flexibility index (Phi) is 3.09. The molecule has 0 aromatic rings. The zero-order valence-corrected chi connectivity index (χ0v) is 10.5. The van der Waals surface area contributed by atoms with Crippen molar-refractivity contribution in [3.05, 3.63) is 0 Å². The fourth-order valence-corrected chi connectivity index (χ4v) is 3.03. The maximum Gasteiger partial charge on any atom is 0.0217 e. The summed E-state index contributed by atoms with van der Waals surface area (Å²) in [7, 11) is 0. The van der Waals surface area contributed by atoms with Gasteiger partial charge in [-0.25, -0.2) is 0 Å². The standard InChI is InChI=1S/C13H26N2/c1-13(2,3)12(14)9-15-7-10-5-4-6-11(10)8-15/h10-12H,4-9,14H2,1-3H3. The maximum absolute atomic E-state index is 6.24. The Balaban J connectivity index is 1.82. The largest absolute Gasteiger partial charge is 0.326 e. The molecule has 0 radical (unpaired) electrons.